The second-order valence-corrected chi connectivity index (χ2v) is 6.39. The van der Waals surface area contributed by atoms with Crippen molar-refractivity contribution < 1.29 is 14.3 Å². The highest BCUT2D eigenvalue weighted by Crippen LogP contribution is 2.27. The molecule has 27 heavy (non-hydrogen) atoms. The molecule has 1 unspecified atom stereocenters. The van der Waals surface area contributed by atoms with Crippen LogP contribution in [0.25, 0.3) is 0 Å². The summed E-state index contributed by atoms with van der Waals surface area (Å²) in [7, 11) is 1.59. The third-order valence-corrected chi connectivity index (χ3v) is 4.61. The Hall–Kier alpha value is -2.53. The molecule has 0 aliphatic rings. The summed E-state index contributed by atoms with van der Waals surface area (Å²) in [6.07, 6.45) is 0. The van der Waals surface area contributed by atoms with Gasteiger partial charge in [0.1, 0.15) is 0 Å². The predicted molar refractivity (Wildman–Crippen MR) is 108 cm³/mol. The van der Waals surface area contributed by atoms with E-state index in [1.165, 1.54) is 5.56 Å². The van der Waals surface area contributed by atoms with Crippen LogP contribution in [0, 0.1) is 6.92 Å². The molecular weight excluding hydrogens is 340 g/mol. The fraction of sp³-hybridized carbons (Fsp3) is 0.409. The van der Waals surface area contributed by atoms with E-state index in [1.807, 2.05) is 43.3 Å². The minimum atomic E-state index is -0.147. The fourth-order valence-electron chi connectivity index (χ4n) is 3.10. The highest BCUT2D eigenvalue weighted by molar-refractivity contribution is 5.77. The van der Waals surface area contributed by atoms with Crippen LogP contribution in [0.4, 0.5) is 0 Å². The Bertz CT molecular complexity index is 715. The van der Waals surface area contributed by atoms with Crippen LogP contribution < -0.4 is 14.8 Å². The molecule has 2 aromatic carbocycles. The van der Waals surface area contributed by atoms with Crippen molar-refractivity contribution in [1.29, 1.82) is 0 Å². The second kappa shape index (κ2) is 10.6. The predicted octanol–water partition coefficient (Wildman–Crippen LogP) is 3.58. The van der Waals surface area contributed by atoms with Crippen molar-refractivity contribution in [2.45, 2.75) is 26.8 Å². The van der Waals surface area contributed by atoms with Crippen LogP contribution in [-0.4, -0.2) is 44.2 Å². The SMILES string of the molecule is CCN(CC)C(CNC(=O)COc1ccc(C)cc1OC)c1ccccc1. The molecule has 0 aliphatic heterocycles. The molecule has 2 rings (SSSR count). The monoisotopic (exact) mass is 370 g/mol. The number of hydrogen-bond donors (Lipinski definition) is 1. The largest absolute Gasteiger partial charge is 0.493 e. The topological polar surface area (TPSA) is 50.8 Å². The molecule has 0 heterocycles. The Labute approximate surface area is 162 Å². The first kappa shape index (κ1) is 20.8. The number of carbonyl (C=O) groups excluding carboxylic acids is 1. The number of aryl methyl sites for hydroxylation is 1. The van der Waals surface area contributed by atoms with Gasteiger partial charge in [-0.1, -0.05) is 50.2 Å². The summed E-state index contributed by atoms with van der Waals surface area (Å²) < 4.78 is 11.0. The van der Waals surface area contributed by atoms with Crippen LogP contribution >= 0.6 is 0 Å². The van der Waals surface area contributed by atoms with Gasteiger partial charge in [-0.15, -0.1) is 0 Å². The van der Waals surface area contributed by atoms with Crippen molar-refractivity contribution in [3.8, 4) is 11.5 Å². The van der Waals surface area contributed by atoms with E-state index < -0.39 is 0 Å². The van der Waals surface area contributed by atoms with Gasteiger partial charge < -0.3 is 14.8 Å². The number of benzene rings is 2. The van der Waals surface area contributed by atoms with E-state index in [-0.39, 0.29) is 18.6 Å². The van der Waals surface area contributed by atoms with E-state index in [9.17, 15) is 4.79 Å². The quantitative estimate of drug-likeness (QED) is 0.694. The number of nitrogens with zero attached hydrogens (tertiary/aromatic N) is 1. The van der Waals surface area contributed by atoms with E-state index in [4.69, 9.17) is 9.47 Å². The Morgan fingerprint density at radius 2 is 1.78 bits per heavy atom. The molecule has 1 N–H and O–H groups in total. The molecule has 0 bridgehead atoms. The molecule has 146 valence electrons. The summed E-state index contributed by atoms with van der Waals surface area (Å²) in [5, 5.41) is 3.00. The molecule has 0 spiro atoms. The lowest BCUT2D eigenvalue weighted by atomic mass is 10.1. The highest BCUT2D eigenvalue weighted by Gasteiger charge is 2.19. The first-order chi connectivity index (χ1) is 13.1. The highest BCUT2D eigenvalue weighted by atomic mass is 16.5. The number of amides is 1. The molecule has 2 aromatic rings. The van der Waals surface area contributed by atoms with Crippen molar-refractivity contribution >= 4 is 5.91 Å². The third kappa shape index (κ3) is 6.00. The molecule has 0 saturated carbocycles. The van der Waals surface area contributed by atoms with Crippen molar-refractivity contribution in [2.24, 2.45) is 0 Å². The summed E-state index contributed by atoms with van der Waals surface area (Å²) in [4.78, 5) is 14.7. The molecule has 0 saturated heterocycles. The van der Waals surface area contributed by atoms with Gasteiger partial charge in [-0.2, -0.15) is 0 Å². The Kier molecular flexibility index (Phi) is 8.14. The van der Waals surface area contributed by atoms with Crippen LogP contribution in [0.5, 0.6) is 11.5 Å². The van der Waals surface area contributed by atoms with E-state index >= 15 is 0 Å². The zero-order valence-corrected chi connectivity index (χ0v) is 16.7. The molecular formula is C22H30N2O3. The number of carbonyl (C=O) groups is 1. The average Bonchev–Trinajstić information content (AvgIpc) is 2.70. The normalized spacial score (nSPS) is 11.9. The lowest BCUT2D eigenvalue weighted by Crippen LogP contribution is -2.39. The summed E-state index contributed by atoms with van der Waals surface area (Å²) in [5.41, 5.74) is 2.27. The summed E-state index contributed by atoms with van der Waals surface area (Å²) in [6, 6.07) is 16.0. The van der Waals surface area contributed by atoms with Crippen LogP contribution in [0.2, 0.25) is 0 Å². The number of hydrogen-bond acceptors (Lipinski definition) is 4. The average molecular weight is 370 g/mol. The molecule has 5 heteroatoms. The fourth-order valence-corrected chi connectivity index (χ4v) is 3.10. The van der Waals surface area contributed by atoms with Gasteiger partial charge >= 0.3 is 0 Å². The third-order valence-electron chi connectivity index (χ3n) is 4.61. The first-order valence-corrected chi connectivity index (χ1v) is 9.42. The van der Waals surface area contributed by atoms with Crippen LogP contribution in [0.15, 0.2) is 48.5 Å². The van der Waals surface area contributed by atoms with E-state index in [0.717, 1.165) is 18.7 Å². The number of ether oxygens (including phenoxy) is 2. The maximum absolute atomic E-state index is 12.3. The minimum Gasteiger partial charge on any atom is -0.493 e. The zero-order valence-electron chi connectivity index (χ0n) is 16.7. The maximum atomic E-state index is 12.3. The minimum absolute atomic E-state index is 0.0425. The molecule has 5 nitrogen and oxygen atoms in total. The smallest absolute Gasteiger partial charge is 0.258 e. The first-order valence-electron chi connectivity index (χ1n) is 9.42. The van der Waals surface area contributed by atoms with Crippen molar-refractivity contribution in [1.82, 2.24) is 10.2 Å². The van der Waals surface area contributed by atoms with Gasteiger partial charge in [0.15, 0.2) is 18.1 Å². The number of nitrogens with one attached hydrogen (secondary N) is 1. The van der Waals surface area contributed by atoms with E-state index in [2.05, 4.69) is 36.2 Å². The molecule has 0 aromatic heterocycles. The van der Waals surface area contributed by atoms with Crippen molar-refractivity contribution in [3.05, 3.63) is 59.7 Å². The molecule has 0 radical (unpaired) electrons. The number of likely N-dealkylation sites (N-methyl/N-ethyl adjacent to an activating group) is 1. The summed E-state index contributed by atoms with van der Waals surface area (Å²) in [5.74, 6) is 1.06. The Balaban J connectivity index is 1.95. The zero-order chi connectivity index (χ0) is 19.6. The second-order valence-electron chi connectivity index (χ2n) is 6.39. The van der Waals surface area contributed by atoms with Gasteiger partial charge in [-0.25, -0.2) is 0 Å². The maximum Gasteiger partial charge on any atom is 0.258 e. The standard InChI is InChI=1S/C22H30N2O3/c1-5-24(6-2)19(18-10-8-7-9-11-18)15-23-22(25)16-27-20-13-12-17(3)14-21(20)26-4/h7-14,19H,5-6,15-16H2,1-4H3,(H,23,25). The van der Waals surface area contributed by atoms with E-state index in [1.54, 1.807) is 7.11 Å². The van der Waals surface area contributed by atoms with Crippen LogP contribution in [0.3, 0.4) is 0 Å². The molecule has 1 amide bonds. The lowest BCUT2D eigenvalue weighted by molar-refractivity contribution is -0.123. The Morgan fingerprint density at radius 1 is 1.07 bits per heavy atom. The summed E-state index contributed by atoms with van der Waals surface area (Å²) >= 11 is 0. The van der Waals surface area contributed by atoms with Crippen molar-refractivity contribution in [2.75, 3.05) is 33.4 Å². The molecule has 0 fully saturated rings. The lowest BCUT2D eigenvalue weighted by Gasteiger charge is -2.30. The number of methoxy groups -OCH3 is 1. The number of rotatable bonds is 10. The van der Waals surface area contributed by atoms with E-state index in [0.29, 0.717) is 18.0 Å². The van der Waals surface area contributed by atoms with Gasteiger partial charge in [0, 0.05) is 6.54 Å². The van der Waals surface area contributed by atoms with Gasteiger partial charge in [-0.3, -0.25) is 9.69 Å². The van der Waals surface area contributed by atoms with Crippen molar-refractivity contribution in [3.63, 3.8) is 0 Å². The van der Waals surface area contributed by atoms with Crippen LogP contribution in [0.1, 0.15) is 31.0 Å². The van der Waals surface area contributed by atoms with Gasteiger partial charge in [0.2, 0.25) is 0 Å². The molecule has 1 atom stereocenters. The van der Waals surface area contributed by atoms with Gasteiger partial charge in [0.05, 0.1) is 13.2 Å². The van der Waals surface area contributed by atoms with Crippen LogP contribution in [-0.2, 0) is 4.79 Å². The molecule has 0 aliphatic carbocycles. The Morgan fingerprint density at radius 3 is 2.41 bits per heavy atom. The summed E-state index contributed by atoms with van der Waals surface area (Å²) in [6.45, 7) is 8.59. The van der Waals surface area contributed by atoms with Gasteiger partial charge in [-0.05, 0) is 43.3 Å². The van der Waals surface area contributed by atoms with Gasteiger partial charge in [0.25, 0.3) is 5.91 Å².